The number of nitrogens with two attached hydrogens (primary N) is 1. The molecule has 0 rings (SSSR count). The van der Waals surface area contributed by atoms with Gasteiger partial charge in [0.1, 0.15) is 0 Å². The summed E-state index contributed by atoms with van der Waals surface area (Å²) < 4.78 is 11.0. The minimum atomic E-state index is -0.828. The van der Waals surface area contributed by atoms with Crippen molar-refractivity contribution in [1.29, 1.82) is 0 Å². The molecule has 0 aromatic heterocycles. The number of carbonyl (C=O) groups excluding carboxylic acids is 1. The fraction of sp³-hybridized carbons (Fsp3) is 0.889. The second kappa shape index (κ2) is 6.14. The van der Waals surface area contributed by atoms with Gasteiger partial charge >= 0.3 is 0 Å². The molecule has 2 unspecified atom stereocenters. The standard InChI is InChI=1S/C9H20N2O2S/c1-4-9(3,10)8(12)11-6-7-14(13)5-2/h4-7,10H2,1-3H3,(H,11,12). The highest BCUT2D eigenvalue weighted by Gasteiger charge is 2.25. The van der Waals surface area contributed by atoms with Crippen LogP contribution in [0.1, 0.15) is 27.2 Å². The van der Waals surface area contributed by atoms with Gasteiger partial charge in [0.15, 0.2) is 0 Å². The summed E-state index contributed by atoms with van der Waals surface area (Å²) in [6.45, 7) is 5.85. The van der Waals surface area contributed by atoms with Crippen LogP contribution in [0.25, 0.3) is 0 Å². The number of hydrogen-bond donors (Lipinski definition) is 2. The summed E-state index contributed by atoms with van der Waals surface area (Å²) in [6, 6.07) is 0. The summed E-state index contributed by atoms with van der Waals surface area (Å²) in [5, 5.41) is 2.68. The number of nitrogens with one attached hydrogen (secondary N) is 1. The van der Waals surface area contributed by atoms with E-state index in [-0.39, 0.29) is 5.91 Å². The number of hydrogen-bond acceptors (Lipinski definition) is 3. The van der Waals surface area contributed by atoms with Crippen LogP contribution in [0.15, 0.2) is 0 Å². The van der Waals surface area contributed by atoms with Crippen molar-refractivity contribution in [1.82, 2.24) is 5.32 Å². The van der Waals surface area contributed by atoms with E-state index in [1.807, 2.05) is 13.8 Å². The van der Waals surface area contributed by atoms with Crippen molar-refractivity contribution in [2.45, 2.75) is 32.7 Å². The van der Waals surface area contributed by atoms with Crippen molar-refractivity contribution in [3.63, 3.8) is 0 Å². The molecule has 0 aliphatic heterocycles. The molecule has 84 valence electrons. The molecule has 2 atom stereocenters. The van der Waals surface area contributed by atoms with Crippen LogP contribution < -0.4 is 11.1 Å². The van der Waals surface area contributed by atoms with Gasteiger partial charge in [0.2, 0.25) is 5.91 Å². The average molecular weight is 220 g/mol. The van der Waals surface area contributed by atoms with Crippen LogP contribution in [0.2, 0.25) is 0 Å². The summed E-state index contributed by atoms with van der Waals surface area (Å²) in [5.74, 6) is 0.957. The van der Waals surface area contributed by atoms with Gasteiger partial charge < -0.3 is 11.1 Å². The Bertz CT molecular complexity index is 217. The lowest BCUT2D eigenvalue weighted by Gasteiger charge is -2.21. The summed E-state index contributed by atoms with van der Waals surface area (Å²) in [4.78, 5) is 11.4. The third kappa shape index (κ3) is 4.72. The predicted octanol–water partition coefficient (Wildman–Crippen LogP) is -0.00140. The second-order valence-corrected chi connectivity index (χ2v) is 5.32. The van der Waals surface area contributed by atoms with Crippen molar-refractivity contribution >= 4 is 16.7 Å². The molecular weight excluding hydrogens is 200 g/mol. The van der Waals surface area contributed by atoms with Gasteiger partial charge in [0.05, 0.1) is 5.54 Å². The van der Waals surface area contributed by atoms with Gasteiger partial charge in [-0.05, 0) is 13.3 Å². The van der Waals surface area contributed by atoms with Gasteiger partial charge in [-0.3, -0.25) is 9.00 Å². The number of rotatable bonds is 6. The molecule has 0 bridgehead atoms. The van der Waals surface area contributed by atoms with Crippen LogP contribution >= 0.6 is 0 Å². The molecule has 0 aliphatic rings. The largest absolute Gasteiger partial charge is 0.354 e. The molecule has 0 fully saturated rings. The van der Waals surface area contributed by atoms with Crippen molar-refractivity contribution < 1.29 is 9.00 Å². The zero-order chi connectivity index (χ0) is 11.2. The van der Waals surface area contributed by atoms with E-state index in [9.17, 15) is 9.00 Å². The molecule has 0 saturated heterocycles. The zero-order valence-corrected chi connectivity index (χ0v) is 9.95. The molecule has 0 saturated carbocycles. The smallest absolute Gasteiger partial charge is 0.239 e. The summed E-state index contributed by atoms with van der Waals surface area (Å²) in [5.41, 5.74) is 4.91. The van der Waals surface area contributed by atoms with Gasteiger partial charge in [0.25, 0.3) is 0 Å². The van der Waals surface area contributed by atoms with Crippen LogP contribution in [0.3, 0.4) is 0 Å². The maximum atomic E-state index is 11.4. The summed E-state index contributed by atoms with van der Waals surface area (Å²) >= 11 is 0. The maximum absolute atomic E-state index is 11.4. The molecule has 1 amide bonds. The van der Waals surface area contributed by atoms with Gasteiger partial charge in [-0.2, -0.15) is 0 Å². The van der Waals surface area contributed by atoms with Crippen LogP contribution in [0.4, 0.5) is 0 Å². The molecule has 4 nitrogen and oxygen atoms in total. The first kappa shape index (κ1) is 13.6. The first-order valence-corrected chi connectivity index (χ1v) is 6.35. The lowest BCUT2D eigenvalue weighted by Crippen LogP contribution is -2.51. The minimum absolute atomic E-state index is 0.173. The number of carbonyl (C=O) groups is 1. The lowest BCUT2D eigenvalue weighted by molar-refractivity contribution is -0.125. The average Bonchev–Trinajstić information content (AvgIpc) is 2.17. The van der Waals surface area contributed by atoms with Crippen molar-refractivity contribution in [2.24, 2.45) is 5.73 Å². The van der Waals surface area contributed by atoms with Crippen LogP contribution in [-0.4, -0.2) is 33.7 Å². The first-order chi connectivity index (χ1) is 6.44. The molecule has 5 heteroatoms. The second-order valence-electron chi connectivity index (χ2n) is 3.46. The van der Waals surface area contributed by atoms with Crippen LogP contribution in [-0.2, 0) is 15.6 Å². The topological polar surface area (TPSA) is 72.2 Å². The molecule has 3 N–H and O–H groups in total. The van der Waals surface area contributed by atoms with Gasteiger partial charge in [0, 0.05) is 28.9 Å². The highest BCUT2D eigenvalue weighted by molar-refractivity contribution is 7.84. The Morgan fingerprint density at radius 3 is 2.50 bits per heavy atom. The normalized spacial score (nSPS) is 17.1. The molecule has 0 aliphatic carbocycles. The van der Waals surface area contributed by atoms with Gasteiger partial charge in [-0.15, -0.1) is 0 Å². The Morgan fingerprint density at radius 2 is 2.07 bits per heavy atom. The van der Waals surface area contributed by atoms with E-state index in [1.165, 1.54) is 0 Å². The minimum Gasteiger partial charge on any atom is -0.354 e. The zero-order valence-electron chi connectivity index (χ0n) is 9.13. The van der Waals surface area contributed by atoms with Crippen LogP contribution in [0, 0.1) is 0 Å². The molecule has 14 heavy (non-hydrogen) atoms. The Hall–Kier alpha value is -0.420. The monoisotopic (exact) mass is 220 g/mol. The van der Waals surface area contributed by atoms with Crippen LogP contribution in [0.5, 0.6) is 0 Å². The highest BCUT2D eigenvalue weighted by Crippen LogP contribution is 2.03. The van der Waals surface area contributed by atoms with Crippen molar-refractivity contribution in [2.75, 3.05) is 18.1 Å². The first-order valence-electron chi connectivity index (χ1n) is 4.86. The number of amides is 1. The van der Waals surface area contributed by atoms with Crippen molar-refractivity contribution in [3.8, 4) is 0 Å². The quantitative estimate of drug-likeness (QED) is 0.662. The molecule has 0 heterocycles. The fourth-order valence-electron chi connectivity index (χ4n) is 0.785. The van der Waals surface area contributed by atoms with Gasteiger partial charge in [-0.25, -0.2) is 0 Å². The molecule has 0 aromatic rings. The molecule has 0 radical (unpaired) electrons. The van der Waals surface area contributed by atoms with E-state index < -0.39 is 16.3 Å². The van der Waals surface area contributed by atoms with Crippen molar-refractivity contribution in [3.05, 3.63) is 0 Å². The lowest BCUT2D eigenvalue weighted by atomic mass is 10.00. The summed E-state index contributed by atoms with van der Waals surface area (Å²) in [6.07, 6.45) is 0.593. The SMILES string of the molecule is CCS(=O)CCNC(=O)C(C)(N)CC. The third-order valence-corrected chi connectivity index (χ3v) is 3.49. The molecule has 0 aromatic carbocycles. The Kier molecular flexibility index (Phi) is 5.95. The predicted molar refractivity (Wildman–Crippen MR) is 59.4 cm³/mol. The maximum Gasteiger partial charge on any atom is 0.239 e. The molecule has 0 spiro atoms. The van der Waals surface area contributed by atoms with E-state index in [1.54, 1.807) is 6.92 Å². The van der Waals surface area contributed by atoms with E-state index in [0.717, 1.165) is 0 Å². The Labute approximate surface area is 88.1 Å². The Morgan fingerprint density at radius 1 is 1.50 bits per heavy atom. The molecular formula is C9H20N2O2S. The Balaban J connectivity index is 3.80. The fourth-order valence-corrected chi connectivity index (χ4v) is 1.40. The van der Waals surface area contributed by atoms with E-state index >= 15 is 0 Å². The highest BCUT2D eigenvalue weighted by atomic mass is 32.2. The van der Waals surface area contributed by atoms with Gasteiger partial charge in [-0.1, -0.05) is 13.8 Å². The van der Waals surface area contributed by atoms with E-state index in [2.05, 4.69) is 5.32 Å². The van der Waals surface area contributed by atoms with E-state index in [4.69, 9.17) is 5.73 Å². The van der Waals surface area contributed by atoms with E-state index in [0.29, 0.717) is 24.5 Å². The third-order valence-electron chi connectivity index (χ3n) is 2.19. The summed E-state index contributed by atoms with van der Waals surface area (Å²) in [7, 11) is -0.828.